The van der Waals surface area contributed by atoms with Crippen LogP contribution in [-0.2, 0) is 5.54 Å². The van der Waals surface area contributed by atoms with Gasteiger partial charge in [0.2, 0.25) is 0 Å². The van der Waals surface area contributed by atoms with Crippen LogP contribution >= 0.6 is 0 Å². The number of halogens is 1. The van der Waals surface area contributed by atoms with Crippen molar-refractivity contribution in [2.24, 2.45) is 0 Å². The maximum atomic E-state index is 13.0. The number of nitrogens with one attached hydrogen (secondary N) is 2. The van der Waals surface area contributed by atoms with Crippen LogP contribution in [0.2, 0.25) is 0 Å². The predicted molar refractivity (Wildman–Crippen MR) is 82.6 cm³/mol. The Morgan fingerprint density at radius 2 is 1.67 bits per heavy atom. The lowest BCUT2D eigenvalue weighted by Gasteiger charge is -2.28. The van der Waals surface area contributed by atoms with Gasteiger partial charge in [0, 0.05) is 6.04 Å². The zero-order chi connectivity index (χ0) is 15.3. The Kier molecular flexibility index (Phi) is 5.21. The van der Waals surface area contributed by atoms with E-state index in [1.807, 2.05) is 13.8 Å². The van der Waals surface area contributed by atoms with E-state index in [-0.39, 0.29) is 17.9 Å². The van der Waals surface area contributed by atoms with E-state index in [4.69, 9.17) is 0 Å². The van der Waals surface area contributed by atoms with E-state index in [2.05, 4.69) is 10.6 Å². The van der Waals surface area contributed by atoms with Gasteiger partial charge in [0.1, 0.15) is 5.82 Å². The molecule has 0 aliphatic heterocycles. The molecule has 1 aliphatic rings. The highest BCUT2D eigenvalue weighted by molar-refractivity contribution is 5.75. The van der Waals surface area contributed by atoms with Gasteiger partial charge in [-0.05, 0) is 44.4 Å². The third kappa shape index (κ3) is 4.73. The molecule has 0 heterocycles. The van der Waals surface area contributed by atoms with Crippen LogP contribution < -0.4 is 10.6 Å². The van der Waals surface area contributed by atoms with Crippen LogP contribution in [0.5, 0.6) is 0 Å². The quantitative estimate of drug-likeness (QED) is 0.810. The van der Waals surface area contributed by atoms with Crippen molar-refractivity contribution in [3.05, 3.63) is 35.6 Å². The summed E-state index contributed by atoms with van der Waals surface area (Å²) in [5.41, 5.74) is 0.364. The highest BCUT2D eigenvalue weighted by atomic mass is 19.1. The molecule has 0 unspecified atom stereocenters. The summed E-state index contributed by atoms with van der Waals surface area (Å²) in [4.78, 5) is 12.2. The minimum absolute atomic E-state index is 0.142. The smallest absolute Gasteiger partial charge is 0.315 e. The fourth-order valence-electron chi connectivity index (χ4n) is 2.87. The molecule has 0 spiro atoms. The van der Waals surface area contributed by atoms with Crippen LogP contribution in [-0.4, -0.2) is 12.1 Å². The third-order valence-corrected chi connectivity index (χ3v) is 4.18. The van der Waals surface area contributed by atoms with Crippen molar-refractivity contribution in [2.45, 2.75) is 64.0 Å². The summed E-state index contributed by atoms with van der Waals surface area (Å²) >= 11 is 0. The Morgan fingerprint density at radius 1 is 1.10 bits per heavy atom. The molecular weight excluding hydrogens is 267 g/mol. The van der Waals surface area contributed by atoms with Gasteiger partial charge in [-0.1, -0.05) is 37.8 Å². The van der Waals surface area contributed by atoms with E-state index < -0.39 is 5.54 Å². The summed E-state index contributed by atoms with van der Waals surface area (Å²) in [6.45, 7) is 3.85. The van der Waals surface area contributed by atoms with E-state index in [1.165, 1.54) is 37.8 Å². The molecule has 0 aromatic heterocycles. The number of urea groups is 1. The van der Waals surface area contributed by atoms with Gasteiger partial charge in [-0.3, -0.25) is 0 Å². The average molecular weight is 292 g/mol. The van der Waals surface area contributed by atoms with Crippen molar-refractivity contribution >= 4 is 6.03 Å². The molecule has 1 aromatic carbocycles. The second kappa shape index (κ2) is 6.92. The predicted octanol–water partition coefficient (Wildman–Crippen LogP) is 4.08. The minimum atomic E-state index is -0.525. The van der Waals surface area contributed by atoms with Crippen molar-refractivity contribution in [3.63, 3.8) is 0 Å². The Bertz CT molecular complexity index is 462. The van der Waals surface area contributed by atoms with Crippen molar-refractivity contribution < 1.29 is 9.18 Å². The standard InChI is InChI=1S/C17H25FN2O/c1-17(2,13-9-11-14(18)12-10-13)20-16(21)19-15-7-5-3-4-6-8-15/h9-12,15H,3-8H2,1-2H3,(H2,19,20,21). The van der Waals surface area contributed by atoms with Gasteiger partial charge in [0.25, 0.3) is 0 Å². The van der Waals surface area contributed by atoms with Gasteiger partial charge in [0.05, 0.1) is 5.54 Å². The van der Waals surface area contributed by atoms with E-state index in [9.17, 15) is 9.18 Å². The molecule has 1 aliphatic carbocycles. The fourth-order valence-corrected chi connectivity index (χ4v) is 2.87. The molecule has 2 N–H and O–H groups in total. The van der Waals surface area contributed by atoms with E-state index in [1.54, 1.807) is 12.1 Å². The molecule has 0 radical (unpaired) electrons. The normalized spacial score (nSPS) is 17.1. The molecule has 3 nitrogen and oxygen atoms in total. The van der Waals surface area contributed by atoms with Crippen LogP contribution in [0.25, 0.3) is 0 Å². The first-order chi connectivity index (χ1) is 9.97. The van der Waals surface area contributed by atoms with Crippen molar-refractivity contribution in [1.82, 2.24) is 10.6 Å². The van der Waals surface area contributed by atoms with Crippen LogP contribution in [0.1, 0.15) is 57.9 Å². The molecule has 1 fully saturated rings. The van der Waals surface area contributed by atoms with Gasteiger partial charge in [-0.25, -0.2) is 9.18 Å². The Morgan fingerprint density at radius 3 is 2.24 bits per heavy atom. The largest absolute Gasteiger partial charge is 0.335 e. The van der Waals surface area contributed by atoms with Crippen LogP contribution in [0.3, 0.4) is 0 Å². The number of amides is 2. The molecule has 2 amide bonds. The Labute approximate surface area is 126 Å². The molecule has 1 aromatic rings. The molecule has 0 atom stereocenters. The number of hydrogen-bond acceptors (Lipinski definition) is 1. The molecule has 2 rings (SSSR count). The van der Waals surface area contributed by atoms with Crippen LogP contribution in [0, 0.1) is 5.82 Å². The maximum absolute atomic E-state index is 13.0. The molecule has 1 saturated carbocycles. The summed E-state index contributed by atoms with van der Waals surface area (Å²) in [6, 6.07) is 6.39. The summed E-state index contributed by atoms with van der Waals surface area (Å²) in [5.74, 6) is -0.266. The topological polar surface area (TPSA) is 41.1 Å². The van der Waals surface area contributed by atoms with E-state index in [0.717, 1.165) is 18.4 Å². The monoisotopic (exact) mass is 292 g/mol. The number of carbonyl (C=O) groups is 1. The highest BCUT2D eigenvalue weighted by Crippen LogP contribution is 2.21. The lowest BCUT2D eigenvalue weighted by Crippen LogP contribution is -2.49. The van der Waals surface area contributed by atoms with Crippen molar-refractivity contribution in [3.8, 4) is 0 Å². The molecule has 4 heteroatoms. The zero-order valence-corrected chi connectivity index (χ0v) is 12.9. The summed E-state index contributed by atoms with van der Waals surface area (Å²) in [5, 5.41) is 6.06. The second-order valence-electron chi connectivity index (χ2n) is 6.42. The second-order valence-corrected chi connectivity index (χ2v) is 6.42. The molecule has 21 heavy (non-hydrogen) atoms. The lowest BCUT2D eigenvalue weighted by atomic mass is 9.94. The molecule has 116 valence electrons. The van der Waals surface area contributed by atoms with Crippen molar-refractivity contribution in [2.75, 3.05) is 0 Å². The number of rotatable bonds is 3. The summed E-state index contributed by atoms with van der Waals surface area (Å²) in [6.07, 6.45) is 7.02. The fraction of sp³-hybridized carbons (Fsp3) is 0.588. The molecular formula is C17H25FN2O. The highest BCUT2D eigenvalue weighted by Gasteiger charge is 2.24. The van der Waals surface area contributed by atoms with Gasteiger partial charge in [-0.2, -0.15) is 0 Å². The lowest BCUT2D eigenvalue weighted by molar-refractivity contribution is 0.224. The summed E-state index contributed by atoms with van der Waals surface area (Å²) < 4.78 is 13.0. The maximum Gasteiger partial charge on any atom is 0.315 e. The zero-order valence-electron chi connectivity index (χ0n) is 12.9. The van der Waals surface area contributed by atoms with E-state index >= 15 is 0 Å². The third-order valence-electron chi connectivity index (χ3n) is 4.18. The Hall–Kier alpha value is -1.58. The SMILES string of the molecule is CC(C)(NC(=O)NC1CCCCCC1)c1ccc(F)cc1. The number of benzene rings is 1. The van der Waals surface area contributed by atoms with E-state index in [0.29, 0.717) is 0 Å². The first-order valence-corrected chi connectivity index (χ1v) is 7.82. The average Bonchev–Trinajstić information content (AvgIpc) is 2.67. The number of carbonyl (C=O) groups excluding carboxylic acids is 1. The first kappa shape index (κ1) is 15.8. The minimum Gasteiger partial charge on any atom is -0.335 e. The Balaban J connectivity index is 1.92. The number of hydrogen-bond donors (Lipinski definition) is 2. The summed E-state index contributed by atoms with van der Waals surface area (Å²) in [7, 11) is 0. The van der Waals surface area contributed by atoms with Gasteiger partial charge < -0.3 is 10.6 Å². The van der Waals surface area contributed by atoms with Gasteiger partial charge in [0.15, 0.2) is 0 Å². The molecule has 0 bridgehead atoms. The van der Waals surface area contributed by atoms with Crippen LogP contribution in [0.15, 0.2) is 24.3 Å². The first-order valence-electron chi connectivity index (χ1n) is 7.82. The van der Waals surface area contributed by atoms with Gasteiger partial charge >= 0.3 is 6.03 Å². The van der Waals surface area contributed by atoms with Crippen LogP contribution in [0.4, 0.5) is 9.18 Å². The molecule has 0 saturated heterocycles. The van der Waals surface area contributed by atoms with Crippen molar-refractivity contribution in [1.29, 1.82) is 0 Å². The van der Waals surface area contributed by atoms with Gasteiger partial charge in [-0.15, -0.1) is 0 Å².